The minimum Gasteiger partial charge on any atom is -0.350 e. The van der Waals surface area contributed by atoms with Crippen LogP contribution in [-0.4, -0.2) is 47.5 Å². The Bertz CT molecular complexity index is 732. The fourth-order valence-corrected chi connectivity index (χ4v) is 3.38. The maximum absolute atomic E-state index is 12.5. The summed E-state index contributed by atoms with van der Waals surface area (Å²) in [6, 6.07) is 10.2. The Balaban J connectivity index is 1.38. The van der Waals surface area contributed by atoms with Crippen LogP contribution in [0.3, 0.4) is 0 Å². The average molecular weight is 314 g/mol. The lowest BCUT2D eigenvalue weighted by molar-refractivity contribution is -0.303. The molecule has 0 N–H and O–H groups in total. The van der Waals surface area contributed by atoms with Gasteiger partial charge >= 0.3 is 0 Å². The molecule has 2 aromatic rings. The van der Waals surface area contributed by atoms with E-state index in [0.29, 0.717) is 19.8 Å². The quantitative estimate of drug-likeness (QED) is 0.854. The van der Waals surface area contributed by atoms with Gasteiger partial charge in [-0.2, -0.15) is 0 Å². The molecule has 0 atom stereocenters. The van der Waals surface area contributed by atoms with E-state index in [1.54, 1.807) is 0 Å². The highest BCUT2D eigenvalue weighted by atomic mass is 16.7. The van der Waals surface area contributed by atoms with E-state index in [4.69, 9.17) is 9.47 Å². The third-order valence-corrected chi connectivity index (χ3v) is 4.84. The SMILES string of the molecule is CC1(C)OCC2(CO1)CN(C(=O)Cn1ccc3ccccc31)C2. The lowest BCUT2D eigenvalue weighted by atomic mass is 9.80. The van der Waals surface area contributed by atoms with Crippen LogP contribution >= 0.6 is 0 Å². The molecule has 3 heterocycles. The molecule has 23 heavy (non-hydrogen) atoms. The number of aromatic nitrogens is 1. The number of carbonyl (C=O) groups excluding carboxylic acids is 1. The highest BCUT2D eigenvalue weighted by molar-refractivity contribution is 5.83. The Kier molecular flexibility index (Phi) is 3.25. The highest BCUT2D eigenvalue weighted by Gasteiger charge is 2.50. The summed E-state index contributed by atoms with van der Waals surface area (Å²) in [5.74, 6) is -0.346. The Hall–Kier alpha value is -1.85. The van der Waals surface area contributed by atoms with E-state index >= 15 is 0 Å². The minimum absolute atomic E-state index is 0.00998. The largest absolute Gasteiger partial charge is 0.350 e. The van der Waals surface area contributed by atoms with Gasteiger partial charge in [0.2, 0.25) is 5.91 Å². The average Bonchev–Trinajstić information content (AvgIpc) is 2.89. The van der Waals surface area contributed by atoms with Crippen LogP contribution in [0.5, 0.6) is 0 Å². The molecule has 1 aromatic heterocycles. The second-order valence-corrected chi connectivity index (χ2v) is 7.23. The van der Waals surface area contributed by atoms with Crippen molar-refractivity contribution in [1.29, 1.82) is 0 Å². The third kappa shape index (κ3) is 2.64. The first kappa shape index (κ1) is 14.7. The summed E-state index contributed by atoms with van der Waals surface area (Å²) >= 11 is 0. The number of hydrogen-bond donors (Lipinski definition) is 0. The van der Waals surface area contributed by atoms with Crippen molar-refractivity contribution in [3.05, 3.63) is 36.5 Å². The number of likely N-dealkylation sites (tertiary alicyclic amines) is 1. The lowest BCUT2D eigenvalue weighted by Gasteiger charge is -2.54. The molecule has 0 aliphatic carbocycles. The summed E-state index contributed by atoms with van der Waals surface area (Å²) in [5, 5.41) is 1.16. The second kappa shape index (κ2) is 5.08. The summed E-state index contributed by atoms with van der Waals surface area (Å²) in [4.78, 5) is 14.4. The van der Waals surface area contributed by atoms with Gasteiger partial charge in [-0.1, -0.05) is 18.2 Å². The van der Waals surface area contributed by atoms with Crippen molar-refractivity contribution < 1.29 is 14.3 Å². The van der Waals surface area contributed by atoms with Crippen molar-refractivity contribution in [3.8, 4) is 0 Å². The topological polar surface area (TPSA) is 43.7 Å². The molecule has 2 aliphatic rings. The zero-order valence-electron chi connectivity index (χ0n) is 13.6. The van der Waals surface area contributed by atoms with Crippen LogP contribution in [0.1, 0.15) is 13.8 Å². The van der Waals surface area contributed by atoms with Gasteiger partial charge in [0, 0.05) is 24.8 Å². The number of fused-ring (bicyclic) bond motifs is 1. The number of ether oxygens (including phenoxy) is 2. The van der Waals surface area contributed by atoms with Crippen molar-refractivity contribution >= 4 is 16.8 Å². The fourth-order valence-electron chi connectivity index (χ4n) is 3.38. The van der Waals surface area contributed by atoms with Crippen molar-refractivity contribution in [2.45, 2.75) is 26.2 Å². The molecular formula is C18H22N2O3. The Morgan fingerprint density at radius 3 is 2.57 bits per heavy atom. The molecule has 4 rings (SSSR count). The molecule has 2 fully saturated rings. The molecule has 5 heteroatoms. The zero-order chi connectivity index (χ0) is 16.1. The van der Waals surface area contributed by atoms with Gasteiger partial charge in [0.25, 0.3) is 0 Å². The molecule has 1 aromatic carbocycles. The van der Waals surface area contributed by atoms with E-state index in [1.165, 1.54) is 0 Å². The van der Waals surface area contributed by atoms with Crippen LogP contribution in [-0.2, 0) is 20.8 Å². The Labute approximate surface area is 135 Å². The molecule has 0 saturated carbocycles. The normalized spacial score (nSPS) is 22.3. The van der Waals surface area contributed by atoms with Gasteiger partial charge in [0.05, 0.1) is 18.6 Å². The van der Waals surface area contributed by atoms with Crippen molar-refractivity contribution in [3.63, 3.8) is 0 Å². The minimum atomic E-state index is -0.500. The lowest BCUT2D eigenvalue weighted by Crippen LogP contribution is -2.66. The standard InChI is InChI=1S/C18H22N2O3/c1-17(2)22-12-18(13-23-17)10-20(11-18)16(21)9-19-8-7-14-5-3-4-6-15(14)19/h3-8H,9-13H2,1-2H3. The van der Waals surface area contributed by atoms with E-state index in [2.05, 4.69) is 6.07 Å². The summed E-state index contributed by atoms with van der Waals surface area (Å²) < 4.78 is 13.5. The number of amides is 1. The first-order valence-corrected chi connectivity index (χ1v) is 8.06. The van der Waals surface area contributed by atoms with Crippen LogP contribution < -0.4 is 0 Å². The first-order valence-electron chi connectivity index (χ1n) is 8.06. The summed E-state index contributed by atoms with van der Waals surface area (Å²) in [5.41, 5.74) is 1.09. The van der Waals surface area contributed by atoms with E-state index < -0.39 is 5.79 Å². The molecule has 1 spiro atoms. The smallest absolute Gasteiger partial charge is 0.242 e. The van der Waals surface area contributed by atoms with E-state index in [1.807, 2.05) is 53.8 Å². The molecule has 5 nitrogen and oxygen atoms in total. The van der Waals surface area contributed by atoms with E-state index in [-0.39, 0.29) is 11.3 Å². The molecule has 122 valence electrons. The molecule has 0 radical (unpaired) electrons. The van der Waals surface area contributed by atoms with Gasteiger partial charge in [-0.25, -0.2) is 0 Å². The monoisotopic (exact) mass is 314 g/mol. The molecular weight excluding hydrogens is 292 g/mol. The van der Waals surface area contributed by atoms with Crippen molar-refractivity contribution in [1.82, 2.24) is 9.47 Å². The molecule has 1 amide bonds. The Morgan fingerprint density at radius 2 is 1.83 bits per heavy atom. The number of nitrogens with zero attached hydrogens (tertiary/aromatic N) is 2. The maximum atomic E-state index is 12.5. The Morgan fingerprint density at radius 1 is 1.13 bits per heavy atom. The molecule has 0 bridgehead atoms. The van der Waals surface area contributed by atoms with Gasteiger partial charge in [-0.05, 0) is 31.4 Å². The number of para-hydroxylation sites is 1. The molecule has 2 saturated heterocycles. The van der Waals surface area contributed by atoms with Gasteiger partial charge in [-0.3, -0.25) is 4.79 Å². The van der Waals surface area contributed by atoms with Crippen LogP contribution in [0.25, 0.3) is 10.9 Å². The molecule has 0 unspecified atom stereocenters. The van der Waals surface area contributed by atoms with Crippen molar-refractivity contribution in [2.75, 3.05) is 26.3 Å². The zero-order valence-corrected chi connectivity index (χ0v) is 13.6. The van der Waals surface area contributed by atoms with Gasteiger partial charge in [0.15, 0.2) is 5.79 Å². The van der Waals surface area contributed by atoms with Crippen LogP contribution in [0, 0.1) is 5.41 Å². The number of carbonyl (C=O) groups is 1. The number of benzene rings is 1. The van der Waals surface area contributed by atoms with Gasteiger partial charge in [-0.15, -0.1) is 0 Å². The van der Waals surface area contributed by atoms with Crippen LogP contribution in [0.2, 0.25) is 0 Å². The van der Waals surface area contributed by atoms with Gasteiger partial charge < -0.3 is 18.9 Å². The summed E-state index contributed by atoms with van der Waals surface area (Å²) in [6.07, 6.45) is 1.98. The van der Waals surface area contributed by atoms with E-state index in [9.17, 15) is 4.79 Å². The molecule has 2 aliphatic heterocycles. The number of rotatable bonds is 2. The van der Waals surface area contributed by atoms with Gasteiger partial charge in [0.1, 0.15) is 6.54 Å². The van der Waals surface area contributed by atoms with Crippen LogP contribution in [0.4, 0.5) is 0 Å². The predicted octanol–water partition coefficient (Wildman–Crippen LogP) is 2.25. The highest BCUT2D eigenvalue weighted by Crippen LogP contribution is 2.37. The summed E-state index contributed by atoms with van der Waals surface area (Å²) in [7, 11) is 0. The predicted molar refractivity (Wildman–Crippen MR) is 86.9 cm³/mol. The first-order chi connectivity index (χ1) is 11.0. The van der Waals surface area contributed by atoms with Crippen molar-refractivity contribution in [2.24, 2.45) is 5.41 Å². The third-order valence-electron chi connectivity index (χ3n) is 4.84. The second-order valence-electron chi connectivity index (χ2n) is 7.23. The summed E-state index contributed by atoms with van der Waals surface area (Å²) in [6.45, 7) is 7.02. The fraction of sp³-hybridized carbons (Fsp3) is 0.500. The number of hydrogen-bond acceptors (Lipinski definition) is 3. The van der Waals surface area contributed by atoms with Crippen LogP contribution in [0.15, 0.2) is 36.5 Å². The van der Waals surface area contributed by atoms with E-state index in [0.717, 1.165) is 24.0 Å². The maximum Gasteiger partial charge on any atom is 0.242 e.